The molecule has 1 unspecified atom stereocenters. The van der Waals surface area contributed by atoms with Gasteiger partial charge in [-0.1, -0.05) is 22.4 Å². The number of nitrogens with two attached hydrogens (primary N) is 1. The molecule has 0 saturated heterocycles. The highest BCUT2D eigenvalue weighted by Gasteiger charge is 2.17. The molecule has 0 amide bonds. The van der Waals surface area contributed by atoms with Crippen molar-refractivity contribution >= 4 is 35.5 Å². The van der Waals surface area contributed by atoms with Crippen molar-refractivity contribution in [2.75, 3.05) is 5.33 Å². The van der Waals surface area contributed by atoms with Gasteiger partial charge in [0, 0.05) is 11.3 Å². The number of rotatable bonds is 5. The van der Waals surface area contributed by atoms with Crippen LogP contribution in [0.25, 0.3) is 0 Å². The van der Waals surface area contributed by atoms with Gasteiger partial charge in [-0.15, -0.1) is 12.4 Å². The Balaban J connectivity index is 0. The molecule has 0 saturated carbocycles. The summed E-state index contributed by atoms with van der Waals surface area (Å²) in [4.78, 5) is 0. The van der Waals surface area contributed by atoms with Crippen molar-refractivity contribution in [2.24, 2.45) is 5.73 Å². The van der Waals surface area contributed by atoms with E-state index in [9.17, 15) is 0 Å². The first kappa shape index (κ1) is 14.3. The van der Waals surface area contributed by atoms with E-state index in [-0.39, 0.29) is 12.4 Å². The molecule has 0 aromatic heterocycles. The van der Waals surface area contributed by atoms with Gasteiger partial charge in [0.25, 0.3) is 0 Å². The summed E-state index contributed by atoms with van der Waals surface area (Å²) in [7, 11) is -1.37. The lowest BCUT2D eigenvalue weighted by Gasteiger charge is -2.07. The second kappa shape index (κ2) is 8.81. The zero-order chi connectivity index (χ0) is 7.98. The van der Waals surface area contributed by atoms with Crippen LogP contribution < -0.4 is 5.73 Å². The summed E-state index contributed by atoms with van der Waals surface area (Å²) in [6.07, 6.45) is 2.63. The van der Waals surface area contributed by atoms with E-state index in [0.29, 0.717) is 6.42 Å². The van der Waals surface area contributed by atoms with Crippen LogP contribution in [-0.2, 0) is 0 Å². The molecule has 3 nitrogen and oxygen atoms in total. The molecule has 0 rings (SSSR count). The minimum atomic E-state index is -1.37. The standard InChI is InChI=1S/C5H13BBrNO2.ClH/c7-4-2-1-3-5(8)6(9)10;/h5,9-10H,1-4,8H2;1H. The van der Waals surface area contributed by atoms with Gasteiger partial charge in [-0.25, -0.2) is 0 Å². The Morgan fingerprint density at radius 1 is 1.36 bits per heavy atom. The third kappa shape index (κ3) is 8.62. The molecular formula is C5H14BBrClNO2. The number of hydrogen-bond donors (Lipinski definition) is 3. The molecule has 0 aromatic carbocycles. The molecule has 6 heteroatoms. The van der Waals surface area contributed by atoms with Crippen LogP contribution >= 0.6 is 28.3 Å². The first-order valence-corrected chi connectivity index (χ1v) is 4.48. The smallest absolute Gasteiger partial charge is 0.426 e. The molecule has 0 aliphatic heterocycles. The van der Waals surface area contributed by atoms with Crippen LogP contribution in [0.3, 0.4) is 0 Å². The molecule has 68 valence electrons. The summed E-state index contributed by atoms with van der Waals surface area (Å²) in [6, 6.07) is 0. The monoisotopic (exact) mass is 245 g/mol. The molecule has 0 aliphatic carbocycles. The van der Waals surface area contributed by atoms with Crippen molar-refractivity contribution in [3.05, 3.63) is 0 Å². The molecule has 0 fully saturated rings. The van der Waals surface area contributed by atoms with Crippen LogP contribution in [0.1, 0.15) is 19.3 Å². The van der Waals surface area contributed by atoms with Crippen molar-refractivity contribution in [3.8, 4) is 0 Å². The predicted octanol–water partition coefficient (Wildman–Crippen LogP) is 0.313. The van der Waals surface area contributed by atoms with Crippen LogP contribution in [0.4, 0.5) is 0 Å². The van der Waals surface area contributed by atoms with Gasteiger partial charge in [0.05, 0.1) is 0 Å². The summed E-state index contributed by atoms with van der Waals surface area (Å²) < 4.78 is 0. The largest absolute Gasteiger partial charge is 0.469 e. The summed E-state index contributed by atoms with van der Waals surface area (Å²) in [5.41, 5.74) is 5.34. The van der Waals surface area contributed by atoms with E-state index in [1.807, 2.05) is 0 Å². The Labute approximate surface area is 82.0 Å². The molecule has 4 N–H and O–H groups in total. The minimum absolute atomic E-state index is 0. The van der Waals surface area contributed by atoms with Crippen molar-refractivity contribution in [2.45, 2.75) is 25.2 Å². The van der Waals surface area contributed by atoms with E-state index in [4.69, 9.17) is 15.8 Å². The highest BCUT2D eigenvalue weighted by molar-refractivity contribution is 9.09. The molecule has 0 heterocycles. The lowest BCUT2D eigenvalue weighted by atomic mass is 9.77. The lowest BCUT2D eigenvalue weighted by Crippen LogP contribution is -2.38. The minimum Gasteiger partial charge on any atom is -0.426 e. The van der Waals surface area contributed by atoms with E-state index in [1.165, 1.54) is 0 Å². The van der Waals surface area contributed by atoms with Gasteiger partial charge in [0.2, 0.25) is 0 Å². The van der Waals surface area contributed by atoms with E-state index < -0.39 is 13.1 Å². The average Bonchev–Trinajstić information content (AvgIpc) is 1.88. The maximum absolute atomic E-state index is 8.54. The van der Waals surface area contributed by atoms with Gasteiger partial charge in [-0.2, -0.15) is 0 Å². The summed E-state index contributed by atoms with van der Waals surface area (Å²) >= 11 is 3.27. The Bertz CT molecular complexity index is 88.9. The summed E-state index contributed by atoms with van der Waals surface area (Å²) in [5.74, 6) is -0.487. The molecule has 1 atom stereocenters. The van der Waals surface area contributed by atoms with Crippen molar-refractivity contribution in [1.29, 1.82) is 0 Å². The maximum atomic E-state index is 8.54. The summed E-state index contributed by atoms with van der Waals surface area (Å²) in [6.45, 7) is 0. The van der Waals surface area contributed by atoms with Gasteiger partial charge in [-0.05, 0) is 12.8 Å². The Kier molecular flexibility index (Phi) is 11.4. The van der Waals surface area contributed by atoms with Gasteiger partial charge in [-0.3, -0.25) is 0 Å². The predicted molar refractivity (Wildman–Crippen MR) is 53.1 cm³/mol. The second-order valence-electron chi connectivity index (χ2n) is 2.26. The number of halogens is 2. The lowest BCUT2D eigenvalue weighted by molar-refractivity contribution is 0.380. The van der Waals surface area contributed by atoms with Gasteiger partial charge in [0.15, 0.2) is 0 Å². The van der Waals surface area contributed by atoms with Crippen LogP contribution in [0.2, 0.25) is 0 Å². The normalized spacial score (nSPS) is 12.0. The molecular weight excluding hydrogens is 232 g/mol. The highest BCUT2D eigenvalue weighted by Crippen LogP contribution is 2.01. The van der Waals surface area contributed by atoms with Gasteiger partial charge in [0.1, 0.15) is 0 Å². The first-order chi connectivity index (χ1) is 4.68. The first-order valence-electron chi connectivity index (χ1n) is 3.36. The maximum Gasteiger partial charge on any atom is 0.469 e. The van der Waals surface area contributed by atoms with Crippen LogP contribution in [0.15, 0.2) is 0 Å². The topological polar surface area (TPSA) is 66.5 Å². The molecule has 11 heavy (non-hydrogen) atoms. The van der Waals surface area contributed by atoms with Crippen LogP contribution in [-0.4, -0.2) is 28.4 Å². The van der Waals surface area contributed by atoms with Crippen molar-refractivity contribution in [1.82, 2.24) is 0 Å². The zero-order valence-corrected chi connectivity index (χ0v) is 8.64. The SMILES string of the molecule is Cl.NC(CCCCBr)B(O)O. The molecule has 0 radical (unpaired) electrons. The highest BCUT2D eigenvalue weighted by atomic mass is 79.9. The zero-order valence-electron chi connectivity index (χ0n) is 6.24. The Hall–Kier alpha value is 0.715. The quantitative estimate of drug-likeness (QED) is 0.372. The fourth-order valence-corrected chi connectivity index (χ4v) is 1.02. The fourth-order valence-electron chi connectivity index (χ4n) is 0.624. The average molecular weight is 246 g/mol. The van der Waals surface area contributed by atoms with E-state index in [2.05, 4.69) is 15.9 Å². The molecule has 0 spiro atoms. The molecule has 0 aliphatic rings. The number of alkyl halides is 1. The molecule has 0 aromatic rings. The Morgan fingerprint density at radius 2 is 1.91 bits per heavy atom. The van der Waals surface area contributed by atoms with E-state index in [0.717, 1.165) is 18.2 Å². The van der Waals surface area contributed by atoms with Gasteiger partial charge < -0.3 is 15.8 Å². The Morgan fingerprint density at radius 3 is 2.27 bits per heavy atom. The fraction of sp³-hybridized carbons (Fsp3) is 1.00. The number of hydrogen-bond acceptors (Lipinski definition) is 3. The summed E-state index contributed by atoms with van der Waals surface area (Å²) in [5, 5.41) is 18.0. The van der Waals surface area contributed by atoms with Crippen LogP contribution in [0.5, 0.6) is 0 Å². The van der Waals surface area contributed by atoms with E-state index in [1.54, 1.807) is 0 Å². The van der Waals surface area contributed by atoms with Crippen molar-refractivity contribution in [3.63, 3.8) is 0 Å². The second-order valence-corrected chi connectivity index (χ2v) is 3.06. The van der Waals surface area contributed by atoms with E-state index >= 15 is 0 Å². The number of unbranched alkanes of at least 4 members (excludes halogenated alkanes) is 1. The molecule has 0 bridgehead atoms. The van der Waals surface area contributed by atoms with Crippen LogP contribution in [0, 0.1) is 0 Å². The van der Waals surface area contributed by atoms with Gasteiger partial charge >= 0.3 is 7.12 Å². The van der Waals surface area contributed by atoms with Crippen molar-refractivity contribution < 1.29 is 10.0 Å². The third-order valence-electron chi connectivity index (χ3n) is 1.30. The third-order valence-corrected chi connectivity index (χ3v) is 1.86.